The summed E-state index contributed by atoms with van der Waals surface area (Å²) in [4.78, 5) is 10.2. The van der Waals surface area contributed by atoms with Gasteiger partial charge in [0, 0.05) is 30.3 Å². The quantitative estimate of drug-likeness (QED) is 0.608. The number of benzene rings is 1. The van der Waals surface area contributed by atoms with Crippen LogP contribution in [-0.4, -0.2) is 17.2 Å². The Balaban J connectivity index is 1.92. The maximum absolute atomic E-state index is 13.8. The van der Waals surface area contributed by atoms with E-state index in [1.807, 2.05) is 0 Å². The monoisotopic (exact) mass is 263 g/mol. The van der Waals surface area contributed by atoms with Crippen LogP contribution in [0.3, 0.4) is 0 Å². The number of nitro groups is 1. The minimum Gasteiger partial charge on any atom is -0.262 e. The summed E-state index contributed by atoms with van der Waals surface area (Å²) in [6.45, 7) is 0.632. The summed E-state index contributed by atoms with van der Waals surface area (Å²) in [5, 5.41) is 16.8. The minimum absolute atomic E-state index is 0.105. The van der Waals surface area contributed by atoms with Gasteiger partial charge in [-0.3, -0.25) is 15.1 Å². The molecule has 0 N–H and O–H groups in total. The Morgan fingerprint density at radius 3 is 3.00 bits per heavy atom. The fourth-order valence-electron chi connectivity index (χ4n) is 2.77. The van der Waals surface area contributed by atoms with Crippen molar-refractivity contribution in [2.75, 3.05) is 11.6 Å². The van der Waals surface area contributed by atoms with Gasteiger partial charge in [-0.05, 0) is 25.3 Å². The molecule has 0 aromatic heterocycles. The maximum Gasteiger partial charge on any atom is 0.271 e. The molecule has 0 bridgehead atoms. The molecule has 1 aromatic rings. The van der Waals surface area contributed by atoms with Gasteiger partial charge in [-0.25, -0.2) is 4.39 Å². The van der Waals surface area contributed by atoms with Crippen LogP contribution in [-0.2, 0) is 0 Å². The average Bonchev–Trinajstić information content (AvgIpc) is 2.82. The maximum atomic E-state index is 13.8. The van der Waals surface area contributed by atoms with E-state index in [9.17, 15) is 14.5 Å². The second kappa shape index (κ2) is 4.60. The Bertz CT molecular complexity index is 559. The third-order valence-corrected chi connectivity index (χ3v) is 3.77. The van der Waals surface area contributed by atoms with Gasteiger partial charge >= 0.3 is 0 Å². The number of fused-ring (bicyclic) bond motifs is 1. The van der Waals surface area contributed by atoms with Crippen LogP contribution >= 0.6 is 0 Å². The Kier molecular flexibility index (Phi) is 2.93. The van der Waals surface area contributed by atoms with Crippen LogP contribution in [0.1, 0.15) is 25.7 Å². The highest BCUT2D eigenvalue weighted by Crippen LogP contribution is 2.33. The molecule has 1 saturated carbocycles. The molecule has 0 spiro atoms. The van der Waals surface area contributed by atoms with Gasteiger partial charge < -0.3 is 0 Å². The van der Waals surface area contributed by atoms with Gasteiger partial charge in [0.2, 0.25) is 0 Å². The van der Waals surface area contributed by atoms with E-state index in [4.69, 9.17) is 0 Å². The van der Waals surface area contributed by atoms with E-state index in [2.05, 4.69) is 5.10 Å². The first-order chi connectivity index (χ1) is 9.15. The molecule has 1 aliphatic heterocycles. The van der Waals surface area contributed by atoms with Crippen LogP contribution in [0, 0.1) is 21.8 Å². The Labute approximate surface area is 109 Å². The predicted octanol–water partition coefficient (Wildman–Crippen LogP) is 3.10. The van der Waals surface area contributed by atoms with Gasteiger partial charge in [0.15, 0.2) is 0 Å². The van der Waals surface area contributed by atoms with Crippen molar-refractivity contribution in [3.8, 4) is 0 Å². The van der Waals surface area contributed by atoms with Crippen molar-refractivity contribution in [1.29, 1.82) is 0 Å². The van der Waals surface area contributed by atoms with Crippen molar-refractivity contribution in [1.82, 2.24) is 0 Å². The van der Waals surface area contributed by atoms with Gasteiger partial charge in [-0.1, -0.05) is 6.42 Å². The zero-order valence-corrected chi connectivity index (χ0v) is 10.4. The summed E-state index contributed by atoms with van der Waals surface area (Å²) in [5.74, 6) is -0.0824. The topological polar surface area (TPSA) is 58.7 Å². The third kappa shape index (κ3) is 2.18. The number of hydrazone groups is 1. The lowest BCUT2D eigenvalue weighted by Gasteiger charge is -2.18. The lowest BCUT2D eigenvalue weighted by atomic mass is 9.88. The molecule has 1 fully saturated rings. The van der Waals surface area contributed by atoms with Crippen LogP contribution in [0.2, 0.25) is 0 Å². The van der Waals surface area contributed by atoms with Crippen LogP contribution in [0.4, 0.5) is 15.8 Å². The number of rotatable bonds is 2. The number of non-ortho nitro benzene ring substituents is 1. The van der Waals surface area contributed by atoms with Crippen LogP contribution in [0.25, 0.3) is 0 Å². The van der Waals surface area contributed by atoms with E-state index < -0.39 is 10.7 Å². The van der Waals surface area contributed by atoms with Crippen molar-refractivity contribution < 1.29 is 9.31 Å². The number of hydrogen-bond acceptors (Lipinski definition) is 4. The van der Waals surface area contributed by atoms with Gasteiger partial charge in [-0.2, -0.15) is 5.10 Å². The normalized spacial score (nSPS) is 22.1. The molecular weight excluding hydrogens is 249 g/mol. The lowest BCUT2D eigenvalue weighted by molar-refractivity contribution is -0.384. The Morgan fingerprint density at radius 1 is 1.42 bits per heavy atom. The van der Waals surface area contributed by atoms with Crippen molar-refractivity contribution in [2.45, 2.75) is 25.7 Å². The molecule has 1 heterocycles. The van der Waals surface area contributed by atoms with E-state index >= 15 is 0 Å². The molecule has 1 aliphatic carbocycles. The van der Waals surface area contributed by atoms with Crippen molar-refractivity contribution in [2.24, 2.45) is 11.0 Å². The Morgan fingerprint density at radius 2 is 2.26 bits per heavy atom. The molecule has 19 heavy (non-hydrogen) atoms. The molecule has 0 saturated heterocycles. The molecule has 5 nitrogen and oxygen atoms in total. The summed E-state index contributed by atoms with van der Waals surface area (Å²) in [6, 6.07) is 3.57. The van der Waals surface area contributed by atoms with E-state index in [-0.39, 0.29) is 11.4 Å². The average molecular weight is 263 g/mol. The Hall–Kier alpha value is -1.98. The molecule has 1 atom stereocenters. The van der Waals surface area contributed by atoms with Gasteiger partial charge in [0.1, 0.15) is 11.5 Å². The SMILES string of the molecule is O=[N+]([O-])c1ccc(F)c(N2CC3CCCCC3=N2)c1. The fourth-order valence-corrected chi connectivity index (χ4v) is 2.77. The first-order valence-corrected chi connectivity index (χ1v) is 6.44. The fraction of sp³-hybridized carbons (Fsp3) is 0.462. The van der Waals surface area contributed by atoms with Crippen molar-refractivity contribution in [3.05, 3.63) is 34.1 Å². The van der Waals surface area contributed by atoms with Crippen LogP contribution in [0.15, 0.2) is 23.3 Å². The van der Waals surface area contributed by atoms with Crippen molar-refractivity contribution >= 4 is 17.1 Å². The molecule has 6 heteroatoms. The first kappa shape index (κ1) is 12.1. The molecule has 1 aromatic carbocycles. The van der Waals surface area contributed by atoms with E-state index in [0.717, 1.165) is 31.0 Å². The molecule has 0 amide bonds. The third-order valence-electron chi connectivity index (χ3n) is 3.77. The van der Waals surface area contributed by atoms with E-state index in [0.29, 0.717) is 12.5 Å². The zero-order chi connectivity index (χ0) is 13.4. The molecule has 1 unspecified atom stereocenters. The summed E-state index contributed by atoms with van der Waals surface area (Å²) >= 11 is 0. The van der Waals surface area contributed by atoms with Gasteiger partial charge in [0.05, 0.1) is 4.92 Å². The smallest absolute Gasteiger partial charge is 0.262 e. The van der Waals surface area contributed by atoms with E-state index in [1.54, 1.807) is 5.01 Å². The van der Waals surface area contributed by atoms with Gasteiger partial charge in [-0.15, -0.1) is 0 Å². The molecule has 0 radical (unpaired) electrons. The number of anilines is 1. The number of hydrogen-bond donors (Lipinski definition) is 0. The second-order valence-corrected chi connectivity index (χ2v) is 5.01. The second-order valence-electron chi connectivity index (χ2n) is 5.01. The lowest BCUT2D eigenvalue weighted by Crippen LogP contribution is -2.22. The number of nitro benzene ring substituents is 1. The number of nitrogens with zero attached hydrogens (tertiary/aromatic N) is 3. The summed E-state index contributed by atoms with van der Waals surface area (Å²) < 4.78 is 13.8. The highest BCUT2D eigenvalue weighted by molar-refractivity contribution is 5.90. The summed E-state index contributed by atoms with van der Waals surface area (Å²) in [5.41, 5.74) is 1.21. The molecule has 3 rings (SSSR count). The minimum atomic E-state index is -0.515. The van der Waals surface area contributed by atoms with E-state index in [1.165, 1.54) is 18.6 Å². The first-order valence-electron chi connectivity index (χ1n) is 6.44. The van der Waals surface area contributed by atoms with Crippen LogP contribution < -0.4 is 5.01 Å². The number of halogens is 1. The van der Waals surface area contributed by atoms with Gasteiger partial charge in [0.25, 0.3) is 5.69 Å². The molecule has 2 aliphatic rings. The summed E-state index contributed by atoms with van der Waals surface area (Å²) in [7, 11) is 0. The summed E-state index contributed by atoms with van der Waals surface area (Å²) in [6.07, 6.45) is 4.33. The standard InChI is InChI=1S/C13H14FN3O2/c14-11-6-5-10(17(18)19)7-13(11)16-8-9-3-1-2-4-12(9)15-16/h5-7,9H,1-4,8H2. The predicted molar refractivity (Wildman–Crippen MR) is 69.8 cm³/mol. The highest BCUT2D eigenvalue weighted by atomic mass is 19.1. The molecular formula is C13H14FN3O2. The van der Waals surface area contributed by atoms with Crippen molar-refractivity contribution in [3.63, 3.8) is 0 Å². The largest absolute Gasteiger partial charge is 0.271 e. The molecule has 100 valence electrons. The highest BCUT2D eigenvalue weighted by Gasteiger charge is 2.30. The van der Waals surface area contributed by atoms with Crippen LogP contribution in [0.5, 0.6) is 0 Å². The zero-order valence-electron chi connectivity index (χ0n) is 10.4.